The molecular formula is C29H34O3. The molecule has 0 aliphatic rings. The zero-order valence-corrected chi connectivity index (χ0v) is 19.5. The average molecular weight is 431 g/mol. The van der Waals surface area contributed by atoms with Crippen molar-refractivity contribution >= 4 is 5.97 Å². The van der Waals surface area contributed by atoms with E-state index in [0.29, 0.717) is 11.3 Å². The van der Waals surface area contributed by atoms with Crippen LogP contribution in [0.2, 0.25) is 0 Å². The summed E-state index contributed by atoms with van der Waals surface area (Å²) in [4.78, 5) is 12.5. The first kappa shape index (κ1) is 23.7. The Hall–Kier alpha value is -2.91. The average Bonchev–Trinajstić information content (AvgIpc) is 2.84. The molecule has 0 aliphatic heterocycles. The van der Waals surface area contributed by atoms with Crippen LogP contribution in [0.3, 0.4) is 0 Å². The molecule has 32 heavy (non-hydrogen) atoms. The number of ether oxygens (including phenoxy) is 2. The van der Waals surface area contributed by atoms with E-state index in [1.54, 1.807) is 12.1 Å². The Labute approximate surface area is 192 Å². The van der Waals surface area contributed by atoms with Gasteiger partial charge in [-0.1, -0.05) is 75.2 Å². The maximum Gasteiger partial charge on any atom is 0.343 e. The summed E-state index contributed by atoms with van der Waals surface area (Å²) < 4.78 is 11.4. The van der Waals surface area contributed by atoms with Crippen LogP contribution in [0.4, 0.5) is 0 Å². The highest BCUT2D eigenvalue weighted by Crippen LogP contribution is 2.24. The van der Waals surface area contributed by atoms with Crippen molar-refractivity contribution in [1.82, 2.24) is 0 Å². The van der Waals surface area contributed by atoms with E-state index in [-0.39, 0.29) is 12.1 Å². The first-order valence-electron chi connectivity index (χ1n) is 11.7. The van der Waals surface area contributed by atoms with E-state index in [1.165, 1.54) is 18.4 Å². The maximum atomic E-state index is 12.5. The number of hydrogen-bond donors (Lipinski definition) is 0. The van der Waals surface area contributed by atoms with Crippen molar-refractivity contribution < 1.29 is 14.3 Å². The molecule has 3 aromatic carbocycles. The summed E-state index contributed by atoms with van der Waals surface area (Å²) in [6, 6.07) is 23.8. The van der Waals surface area contributed by atoms with E-state index in [0.717, 1.165) is 42.6 Å². The zero-order chi connectivity index (χ0) is 22.8. The fourth-order valence-electron chi connectivity index (χ4n) is 3.52. The second kappa shape index (κ2) is 12.2. The summed E-state index contributed by atoms with van der Waals surface area (Å²) in [6.45, 7) is 7.14. The fourth-order valence-corrected chi connectivity index (χ4v) is 3.52. The number of rotatable bonds is 11. The van der Waals surface area contributed by atoms with Gasteiger partial charge in [0.25, 0.3) is 0 Å². The van der Waals surface area contributed by atoms with Crippen LogP contribution in [-0.2, 0) is 11.2 Å². The molecule has 0 saturated heterocycles. The van der Waals surface area contributed by atoms with Crippen LogP contribution in [0.5, 0.6) is 5.75 Å². The molecule has 168 valence electrons. The molecule has 3 rings (SSSR count). The third kappa shape index (κ3) is 6.80. The quantitative estimate of drug-likeness (QED) is 0.177. The van der Waals surface area contributed by atoms with Crippen LogP contribution in [0, 0.1) is 0 Å². The minimum atomic E-state index is -0.357. The topological polar surface area (TPSA) is 35.5 Å². The highest BCUT2D eigenvalue weighted by Gasteiger charge is 2.11. The van der Waals surface area contributed by atoms with Crippen molar-refractivity contribution in [2.75, 3.05) is 6.61 Å². The monoisotopic (exact) mass is 430 g/mol. The minimum Gasteiger partial charge on any atom is -0.423 e. The number of unbranched alkanes of at least 4 members (excludes halogenated alkanes) is 2. The van der Waals surface area contributed by atoms with Gasteiger partial charge in [0.15, 0.2) is 0 Å². The second-order valence-corrected chi connectivity index (χ2v) is 8.20. The van der Waals surface area contributed by atoms with Gasteiger partial charge < -0.3 is 9.47 Å². The lowest BCUT2D eigenvalue weighted by Crippen LogP contribution is -2.09. The van der Waals surface area contributed by atoms with Gasteiger partial charge in [0.1, 0.15) is 5.75 Å². The number of carbonyl (C=O) groups excluding carboxylic acids is 1. The highest BCUT2D eigenvalue weighted by atomic mass is 16.5. The molecule has 3 aromatic rings. The van der Waals surface area contributed by atoms with Crippen LogP contribution in [0.1, 0.15) is 74.0 Å². The lowest BCUT2D eigenvalue weighted by Gasteiger charge is -2.13. The van der Waals surface area contributed by atoms with Gasteiger partial charge in [-0.3, -0.25) is 0 Å². The molecule has 3 nitrogen and oxygen atoms in total. The predicted molar refractivity (Wildman–Crippen MR) is 131 cm³/mol. The molecule has 1 atom stereocenters. The van der Waals surface area contributed by atoms with Crippen molar-refractivity contribution in [2.24, 2.45) is 0 Å². The Kier molecular flexibility index (Phi) is 9.06. The van der Waals surface area contributed by atoms with E-state index in [9.17, 15) is 4.79 Å². The maximum absolute atomic E-state index is 12.5. The van der Waals surface area contributed by atoms with Crippen LogP contribution < -0.4 is 4.74 Å². The van der Waals surface area contributed by atoms with Crippen molar-refractivity contribution in [1.29, 1.82) is 0 Å². The van der Waals surface area contributed by atoms with Crippen molar-refractivity contribution in [3.8, 4) is 16.9 Å². The second-order valence-electron chi connectivity index (χ2n) is 8.20. The molecule has 0 bridgehead atoms. The molecule has 0 aliphatic carbocycles. The van der Waals surface area contributed by atoms with Gasteiger partial charge in [0.05, 0.1) is 11.7 Å². The Morgan fingerprint density at radius 2 is 1.38 bits per heavy atom. The van der Waals surface area contributed by atoms with Gasteiger partial charge in [-0.15, -0.1) is 0 Å². The van der Waals surface area contributed by atoms with Crippen LogP contribution in [0.15, 0.2) is 72.8 Å². The normalized spacial score (nSPS) is 11.8. The number of esters is 1. The molecule has 0 saturated carbocycles. The minimum absolute atomic E-state index is 0.0138. The Bertz CT molecular complexity index is 957. The van der Waals surface area contributed by atoms with E-state index < -0.39 is 0 Å². The number of carbonyl (C=O) groups is 1. The predicted octanol–water partition coefficient (Wildman–Crippen LogP) is 7.79. The first-order valence-corrected chi connectivity index (χ1v) is 11.7. The summed E-state index contributed by atoms with van der Waals surface area (Å²) in [5, 5.41) is 0. The van der Waals surface area contributed by atoms with E-state index in [4.69, 9.17) is 9.47 Å². The lowest BCUT2D eigenvalue weighted by molar-refractivity contribution is 0.0635. The highest BCUT2D eigenvalue weighted by molar-refractivity contribution is 5.91. The van der Waals surface area contributed by atoms with Crippen LogP contribution >= 0.6 is 0 Å². The molecule has 1 unspecified atom stereocenters. The number of benzene rings is 3. The van der Waals surface area contributed by atoms with Crippen molar-refractivity contribution in [2.45, 2.75) is 59.0 Å². The Morgan fingerprint density at radius 3 is 1.97 bits per heavy atom. The summed E-state index contributed by atoms with van der Waals surface area (Å²) in [7, 11) is 0. The number of hydrogen-bond acceptors (Lipinski definition) is 3. The summed E-state index contributed by atoms with van der Waals surface area (Å²) in [5.41, 5.74) is 5.22. The molecule has 0 fully saturated rings. The zero-order valence-electron chi connectivity index (χ0n) is 19.5. The van der Waals surface area contributed by atoms with Gasteiger partial charge >= 0.3 is 5.97 Å². The first-order chi connectivity index (χ1) is 15.6. The lowest BCUT2D eigenvalue weighted by atomic mass is 10.0. The molecule has 0 N–H and O–H groups in total. The largest absolute Gasteiger partial charge is 0.423 e. The summed E-state index contributed by atoms with van der Waals surface area (Å²) >= 11 is 0. The smallest absolute Gasteiger partial charge is 0.343 e. The standard InChI is InChI=1S/C29H34O3/c1-4-6-8-23-9-11-25(12-10-23)26-17-19-28(20-18-26)32-29(30)27-15-13-24(14-16-27)22(3)31-21-7-5-2/h9-20,22H,4-8,21H2,1-3H3. The van der Waals surface area contributed by atoms with E-state index >= 15 is 0 Å². The summed E-state index contributed by atoms with van der Waals surface area (Å²) in [5.74, 6) is 0.183. The van der Waals surface area contributed by atoms with Crippen LogP contribution in [0.25, 0.3) is 11.1 Å². The van der Waals surface area contributed by atoms with Gasteiger partial charge in [-0.2, -0.15) is 0 Å². The van der Waals surface area contributed by atoms with Crippen molar-refractivity contribution in [3.63, 3.8) is 0 Å². The van der Waals surface area contributed by atoms with Gasteiger partial charge in [-0.25, -0.2) is 4.79 Å². The fraction of sp³-hybridized carbons (Fsp3) is 0.345. The van der Waals surface area contributed by atoms with Gasteiger partial charge in [0.2, 0.25) is 0 Å². The molecular weight excluding hydrogens is 396 g/mol. The molecule has 0 amide bonds. The van der Waals surface area contributed by atoms with Gasteiger partial charge in [0, 0.05) is 6.61 Å². The third-order valence-electron chi connectivity index (χ3n) is 5.65. The summed E-state index contributed by atoms with van der Waals surface area (Å²) in [6.07, 6.45) is 5.73. The Balaban J connectivity index is 1.57. The number of aryl methyl sites for hydroxylation is 1. The van der Waals surface area contributed by atoms with E-state index in [2.05, 4.69) is 38.1 Å². The van der Waals surface area contributed by atoms with Crippen LogP contribution in [-0.4, -0.2) is 12.6 Å². The van der Waals surface area contributed by atoms with Gasteiger partial charge in [-0.05, 0) is 72.7 Å². The third-order valence-corrected chi connectivity index (χ3v) is 5.65. The van der Waals surface area contributed by atoms with E-state index in [1.807, 2.05) is 43.3 Å². The Morgan fingerprint density at radius 1 is 0.781 bits per heavy atom. The molecule has 0 heterocycles. The molecule has 3 heteroatoms. The molecule has 0 spiro atoms. The van der Waals surface area contributed by atoms with Crippen molar-refractivity contribution in [3.05, 3.63) is 89.5 Å². The molecule has 0 radical (unpaired) electrons. The molecule has 0 aromatic heterocycles. The SMILES string of the molecule is CCCCOC(C)c1ccc(C(=O)Oc2ccc(-c3ccc(CCCC)cc3)cc2)cc1.